The van der Waals surface area contributed by atoms with E-state index in [-0.39, 0.29) is 11.5 Å². The lowest BCUT2D eigenvalue weighted by Crippen LogP contribution is -2.30. The van der Waals surface area contributed by atoms with Crippen LogP contribution in [0.15, 0.2) is 42.6 Å². The number of anilines is 1. The van der Waals surface area contributed by atoms with Gasteiger partial charge in [0.25, 0.3) is 11.8 Å². The molecule has 0 aliphatic carbocycles. The first-order valence-corrected chi connectivity index (χ1v) is 8.60. The highest BCUT2D eigenvalue weighted by Gasteiger charge is 2.29. The van der Waals surface area contributed by atoms with Crippen molar-refractivity contribution in [1.82, 2.24) is 9.88 Å². The van der Waals surface area contributed by atoms with Gasteiger partial charge in [-0.25, -0.2) is 4.98 Å². The molecule has 0 aliphatic heterocycles. The van der Waals surface area contributed by atoms with Crippen LogP contribution in [0.4, 0.5) is 18.9 Å². The smallest absolute Gasteiger partial charge is 0.422 e. The Hall–Kier alpha value is -3.10. The van der Waals surface area contributed by atoms with E-state index in [2.05, 4.69) is 15.0 Å². The summed E-state index contributed by atoms with van der Waals surface area (Å²) in [6.07, 6.45) is -3.31. The maximum absolute atomic E-state index is 12.4. The van der Waals surface area contributed by atoms with Crippen LogP contribution in [0.25, 0.3) is 0 Å². The predicted octanol–water partition coefficient (Wildman–Crippen LogP) is 3.76. The van der Waals surface area contributed by atoms with Crippen molar-refractivity contribution < 1.29 is 27.5 Å². The fourth-order valence-electron chi connectivity index (χ4n) is 2.42. The van der Waals surface area contributed by atoms with Gasteiger partial charge in [-0.05, 0) is 50.2 Å². The summed E-state index contributed by atoms with van der Waals surface area (Å²) in [6.45, 7) is 3.36. The number of benzene rings is 1. The van der Waals surface area contributed by atoms with E-state index in [1.807, 2.05) is 13.8 Å². The molecule has 1 aromatic heterocycles. The van der Waals surface area contributed by atoms with E-state index in [4.69, 9.17) is 0 Å². The molecule has 28 heavy (non-hydrogen) atoms. The Labute approximate surface area is 160 Å². The average Bonchev–Trinajstić information content (AvgIpc) is 2.67. The van der Waals surface area contributed by atoms with E-state index in [9.17, 15) is 22.8 Å². The van der Waals surface area contributed by atoms with Gasteiger partial charge in [-0.15, -0.1) is 0 Å². The summed E-state index contributed by atoms with van der Waals surface area (Å²) in [5, 5.41) is 2.55. The zero-order valence-electron chi connectivity index (χ0n) is 15.4. The van der Waals surface area contributed by atoms with Crippen molar-refractivity contribution in [2.24, 2.45) is 0 Å². The van der Waals surface area contributed by atoms with Crippen LogP contribution in [0, 0.1) is 0 Å². The molecule has 0 unspecified atom stereocenters. The SMILES string of the molecule is CCN(CC)C(=O)c1ccc(NC(=O)c2cccnc2OCC(F)(F)F)cc1. The van der Waals surface area contributed by atoms with Crippen LogP contribution in [0.2, 0.25) is 0 Å². The molecule has 2 rings (SSSR count). The molecule has 1 N–H and O–H groups in total. The molecule has 1 heterocycles. The minimum atomic E-state index is -4.54. The van der Waals surface area contributed by atoms with E-state index in [1.165, 1.54) is 18.3 Å². The maximum atomic E-state index is 12.4. The van der Waals surface area contributed by atoms with E-state index in [0.717, 1.165) is 0 Å². The van der Waals surface area contributed by atoms with Gasteiger partial charge in [0.2, 0.25) is 5.88 Å². The van der Waals surface area contributed by atoms with Crippen LogP contribution in [-0.4, -0.2) is 47.6 Å². The van der Waals surface area contributed by atoms with Crippen molar-refractivity contribution in [3.63, 3.8) is 0 Å². The number of alkyl halides is 3. The van der Waals surface area contributed by atoms with Crippen molar-refractivity contribution in [3.8, 4) is 5.88 Å². The Morgan fingerprint density at radius 3 is 2.32 bits per heavy atom. The summed E-state index contributed by atoms with van der Waals surface area (Å²) in [4.78, 5) is 30.0. The lowest BCUT2D eigenvalue weighted by atomic mass is 10.1. The van der Waals surface area contributed by atoms with Crippen molar-refractivity contribution in [1.29, 1.82) is 0 Å². The molecule has 2 amide bonds. The van der Waals surface area contributed by atoms with Crippen LogP contribution in [0.5, 0.6) is 5.88 Å². The molecule has 0 spiro atoms. The summed E-state index contributed by atoms with van der Waals surface area (Å²) in [6, 6.07) is 8.96. The number of carbonyl (C=O) groups excluding carboxylic acids is 2. The zero-order chi connectivity index (χ0) is 20.7. The molecule has 0 bridgehead atoms. The fraction of sp³-hybridized carbons (Fsp3) is 0.316. The summed E-state index contributed by atoms with van der Waals surface area (Å²) >= 11 is 0. The Morgan fingerprint density at radius 2 is 1.75 bits per heavy atom. The molecule has 0 saturated carbocycles. The molecule has 2 aromatic rings. The quantitative estimate of drug-likeness (QED) is 0.775. The van der Waals surface area contributed by atoms with Crippen LogP contribution in [0.3, 0.4) is 0 Å². The first-order chi connectivity index (χ1) is 13.2. The highest BCUT2D eigenvalue weighted by molar-refractivity contribution is 6.06. The topological polar surface area (TPSA) is 71.5 Å². The minimum Gasteiger partial charge on any atom is -0.467 e. The van der Waals surface area contributed by atoms with Gasteiger partial charge in [0.1, 0.15) is 5.56 Å². The third-order valence-corrected chi connectivity index (χ3v) is 3.83. The Bertz CT molecular complexity index is 819. The number of hydrogen-bond acceptors (Lipinski definition) is 4. The number of amides is 2. The van der Waals surface area contributed by atoms with Gasteiger partial charge < -0.3 is 15.0 Å². The standard InChI is InChI=1S/C19H20F3N3O3/c1-3-25(4-2)18(27)13-7-9-14(10-8-13)24-16(26)15-6-5-11-23-17(15)28-12-19(20,21)22/h5-11H,3-4,12H2,1-2H3,(H,24,26). The second kappa shape index (κ2) is 9.20. The largest absolute Gasteiger partial charge is 0.467 e. The van der Waals surface area contributed by atoms with Crippen molar-refractivity contribution in [2.75, 3.05) is 25.0 Å². The monoisotopic (exact) mass is 395 g/mol. The van der Waals surface area contributed by atoms with Gasteiger partial charge in [0.05, 0.1) is 0 Å². The van der Waals surface area contributed by atoms with Crippen LogP contribution in [0.1, 0.15) is 34.6 Å². The molecule has 150 valence electrons. The Kier molecular flexibility index (Phi) is 6.97. The van der Waals surface area contributed by atoms with Crippen molar-refractivity contribution in [3.05, 3.63) is 53.7 Å². The lowest BCUT2D eigenvalue weighted by Gasteiger charge is -2.18. The second-order valence-corrected chi connectivity index (χ2v) is 5.77. The molecular formula is C19H20F3N3O3. The molecule has 6 nitrogen and oxygen atoms in total. The van der Waals surface area contributed by atoms with Gasteiger partial charge >= 0.3 is 6.18 Å². The molecule has 0 saturated heterocycles. The Balaban J connectivity index is 2.10. The number of carbonyl (C=O) groups is 2. The van der Waals surface area contributed by atoms with Crippen molar-refractivity contribution >= 4 is 17.5 Å². The van der Waals surface area contributed by atoms with Crippen molar-refractivity contribution in [2.45, 2.75) is 20.0 Å². The Morgan fingerprint density at radius 1 is 1.11 bits per heavy atom. The summed E-state index contributed by atoms with van der Waals surface area (Å²) in [7, 11) is 0. The molecule has 0 radical (unpaired) electrons. The summed E-state index contributed by atoms with van der Waals surface area (Å²) < 4.78 is 41.7. The third-order valence-electron chi connectivity index (χ3n) is 3.83. The first kappa shape index (κ1) is 21.2. The number of halogens is 3. The van der Waals surface area contributed by atoms with Crippen LogP contribution < -0.4 is 10.1 Å². The van der Waals surface area contributed by atoms with Gasteiger partial charge in [-0.1, -0.05) is 0 Å². The predicted molar refractivity (Wildman–Crippen MR) is 97.4 cm³/mol. The number of nitrogens with one attached hydrogen (secondary N) is 1. The van der Waals surface area contributed by atoms with E-state index >= 15 is 0 Å². The molecular weight excluding hydrogens is 375 g/mol. The van der Waals surface area contributed by atoms with Gasteiger partial charge in [-0.3, -0.25) is 9.59 Å². The molecule has 9 heteroatoms. The molecule has 1 aromatic carbocycles. The van der Waals surface area contributed by atoms with Gasteiger partial charge in [0, 0.05) is 30.5 Å². The van der Waals surface area contributed by atoms with Gasteiger partial charge in [-0.2, -0.15) is 13.2 Å². The molecule has 0 atom stereocenters. The fourth-order valence-corrected chi connectivity index (χ4v) is 2.42. The normalized spacial score (nSPS) is 11.0. The van der Waals surface area contributed by atoms with Crippen LogP contribution in [-0.2, 0) is 0 Å². The third kappa shape index (κ3) is 5.70. The maximum Gasteiger partial charge on any atom is 0.422 e. The highest BCUT2D eigenvalue weighted by atomic mass is 19.4. The first-order valence-electron chi connectivity index (χ1n) is 8.60. The second-order valence-electron chi connectivity index (χ2n) is 5.77. The molecule has 0 aliphatic rings. The lowest BCUT2D eigenvalue weighted by molar-refractivity contribution is -0.154. The number of aromatic nitrogens is 1. The number of rotatable bonds is 7. The van der Waals surface area contributed by atoms with E-state index in [1.54, 1.807) is 29.2 Å². The summed E-state index contributed by atoms with van der Waals surface area (Å²) in [5.74, 6) is -1.21. The van der Waals surface area contributed by atoms with E-state index < -0.39 is 24.6 Å². The van der Waals surface area contributed by atoms with E-state index in [0.29, 0.717) is 24.3 Å². The minimum absolute atomic E-state index is 0.127. The molecule has 0 fully saturated rings. The number of hydrogen-bond donors (Lipinski definition) is 1. The number of nitrogens with zero attached hydrogens (tertiary/aromatic N) is 2. The highest BCUT2D eigenvalue weighted by Crippen LogP contribution is 2.21. The number of pyridine rings is 1. The summed E-state index contributed by atoms with van der Waals surface area (Å²) in [5.41, 5.74) is 0.721. The average molecular weight is 395 g/mol. The van der Waals surface area contributed by atoms with Gasteiger partial charge in [0.15, 0.2) is 6.61 Å². The van der Waals surface area contributed by atoms with Crippen LogP contribution >= 0.6 is 0 Å². The number of ether oxygens (including phenoxy) is 1. The zero-order valence-corrected chi connectivity index (χ0v) is 15.4.